The summed E-state index contributed by atoms with van der Waals surface area (Å²) in [5.41, 5.74) is 0. The molecule has 0 radical (unpaired) electrons. The van der Waals surface area contributed by atoms with Gasteiger partial charge in [0, 0.05) is 30.9 Å². The first-order valence-electron chi connectivity index (χ1n) is 7.16. The van der Waals surface area contributed by atoms with Gasteiger partial charge in [0.15, 0.2) is 9.84 Å². The summed E-state index contributed by atoms with van der Waals surface area (Å²) in [6.45, 7) is 8.99. The fourth-order valence-corrected chi connectivity index (χ4v) is 3.80. The molecule has 0 amide bonds. The average molecular weight is 276 g/mol. The summed E-state index contributed by atoms with van der Waals surface area (Å²) >= 11 is 0. The van der Waals surface area contributed by atoms with Crippen LogP contribution >= 0.6 is 0 Å². The first-order chi connectivity index (χ1) is 8.48. The van der Waals surface area contributed by atoms with Gasteiger partial charge in [0.25, 0.3) is 0 Å². The van der Waals surface area contributed by atoms with Crippen molar-refractivity contribution < 1.29 is 8.42 Å². The van der Waals surface area contributed by atoms with Gasteiger partial charge in [0.05, 0.1) is 5.75 Å². The highest BCUT2D eigenvalue weighted by molar-refractivity contribution is 7.91. The summed E-state index contributed by atoms with van der Waals surface area (Å²) in [4.78, 5) is 2.33. The molecule has 0 aromatic carbocycles. The Labute approximate surface area is 112 Å². The molecule has 0 aromatic rings. The first kappa shape index (κ1) is 15.9. The monoisotopic (exact) mass is 276 g/mol. The molecule has 2 atom stereocenters. The van der Waals surface area contributed by atoms with Crippen molar-refractivity contribution in [1.82, 2.24) is 10.2 Å². The van der Waals surface area contributed by atoms with E-state index in [4.69, 9.17) is 0 Å². The normalized spacial score (nSPS) is 27.1. The van der Waals surface area contributed by atoms with Crippen LogP contribution in [-0.4, -0.2) is 56.5 Å². The zero-order valence-corrected chi connectivity index (χ0v) is 12.8. The maximum atomic E-state index is 11.8. The first-order valence-corrected chi connectivity index (χ1v) is 8.98. The highest BCUT2D eigenvalue weighted by Gasteiger charge is 2.23. The SMILES string of the molecule is CCCS(=O)(=O)CCN1CC(CC)NCCC1C. The summed E-state index contributed by atoms with van der Waals surface area (Å²) in [6.07, 6.45) is 2.92. The van der Waals surface area contributed by atoms with Gasteiger partial charge < -0.3 is 5.32 Å². The van der Waals surface area contributed by atoms with Crippen LogP contribution in [0.5, 0.6) is 0 Å². The molecule has 0 aromatic heterocycles. The molecule has 1 fully saturated rings. The van der Waals surface area contributed by atoms with E-state index >= 15 is 0 Å². The van der Waals surface area contributed by atoms with Crippen LogP contribution in [0.25, 0.3) is 0 Å². The summed E-state index contributed by atoms with van der Waals surface area (Å²) in [5, 5.41) is 3.52. The largest absolute Gasteiger partial charge is 0.313 e. The molecule has 2 unspecified atom stereocenters. The molecule has 108 valence electrons. The van der Waals surface area contributed by atoms with Crippen LogP contribution in [0.4, 0.5) is 0 Å². The van der Waals surface area contributed by atoms with Gasteiger partial charge >= 0.3 is 0 Å². The fraction of sp³-hybridized carbons (Fsp3) is 1.00. The Morgan fingerprint density at radius 2 is 2.00 bits per heavy atom. The van der Waals surface area contributed by atoms with Crippen molar-refractivity contribution >= 4 is 9.84 Å². The lowest BCUT2D eigenvalue weighted by molar-refractivity contribution is 0.215. The van der Waals surface area contributed by atoms with Gasteiger partial charge in [-0.05, 0) is 32.7 Å². The zero-order chi connectivity index (χ0) is 13.6. The van der Waals surface area contributed by atoms with Crippen molar-refractivity contribution in [3.8, 4) is 0 Å². The molecule has 4 nitrogen and oxygen atoms in total. The van der Waals surface area contributed by atoms with Gasteiger partial charge in [-0.2, -0.15) is 0 Å². The Bertz CT molecular complexity index is 330. The maximum absolute atomic E-state index is 11.8. The van der Waals surface area contributed by atoms with Crippen LogP contribution in [-0.2, 0) is 9.84 Å². The topological polar surface area (TPSA) is 49.4 Å². The minimum absolute atomic E-state index is 0.307. The van der Waals surface area contributed by atoms with E-state index in [0.717, 1.165) is 32.4 Å². The van der Waals surface area contributed by atoms with Gasteiger partial charge in [-0.3, -0.25) is 4.90 Å². The lowest BCUT2D eigenvalue weighted by atomic mass is 10.2. The average Bonchev–Trinajstić information content (AvgIpc) is 2.48. The molecule has 0 spiro atoms. The molecule has 1 rings (SSSR count). The van der Waals surface area contributed by atoms with Crippen molar-refractivity contribution in [1.29, 1.82) is 0 Å². The van der Waals surface area contributed by atoms with Crippen molar-refractivity contribution in [3.05, 3.63) is 0 Å². The van der Waals surface area contributed by atoms with Crippen LogP contribution < -0.4 is 5.32 Å². The Morgan fingerprint density at radius 1 is 1.28 bits per heavy atom. The fourth-order valence-electron chi connectivity index (χ4n) is 2.46. The number of nitrogens with one attached hydrogen (secondary N) is 1. The Kier molecular flexibility index (Phi) is 6.60. The van der Waals surface area contributed by atoms with E-state index in [1.807, 2.05) is 6.92 Å². The number of hydrogen-bond acceptors (Lipinski definition) is 4. The van der Waals surface area contributed by atoms with E-state index in [1.54, 1.807) is 0 Å². The van der Waals surface area contributed by atoms with Gasteiger partial charge in [-0.15, -0.1) is 0 Å². The van der Waals surface area contributed by atoms with Crippen LogP contribution in [0.1, 0.15) is 40.0 Å². The molecule has 0 bridgehead atoms. The number of rotatable bonds is 6. The molecule has 5 heteroatoms. The van der Waals surface area contributed by atoms with Crippen LogP contribution in [0, 0.1) is 0 Å². The molecular weight excluding hydrogens is 248 g/mol. The minimum Gasteiger partial charge on any atom is -0.313 e. The van der Waals surface area contributed by atoms with Gasteiger partial charge in [-0.25, -0.2) is 8.42 Å². The van der Waals surface area contributed by atoms with E-state index in [1.165, 1.54) is 0 Å². The van der Waals surface area contributed by atoms with Gasteiger partial charge in [0.1, 0.15) is 0 Å². The lowest BCUT2D eigenvalue weighted by Gasteiger charge is -2.28. The van der Waals surface area contributed by atoms with Crippen molar-refractivity contribution in [3.63, 3.8) is 0 Å². The van der Waals surface area contributed by atoms with Gasteiger partial charge in [-0.1, -0.05) is 13.8 Å². The zero-order valence-electron chi connectivity index (χ0n) is 12.0. The van der Waals surface area contributed by atoms with Crippen LogP contribution in [0.3, 0.4) is 0 Å². The molecule has 0 saturated carbocycles. The third kappa shape index (κ3) is 5.24. The second-order valence-electron chi connectivity index (χ2n) is 5.34. The molecule has 18 heavy (non-hydrogen) atoms. The second kappa shape index (κ2) is 7.46. The molecule has 0 aliphatic carbocycles. The summed E-state index contributed by atoms with van der Waals surface area (Å²) < 4.78 is 23.5. The van der Waals surface area contributed by atoms with Crippen molar-refractivity contribution in [2.75, 3.05) is 31.1 Å². The Hall–Kier alpha value is -0.130. The highest BCUT2D eigenvalue weighted by Crippen LogP contribution is 2.11. The maximum Gasteiger partial charge on any atom is 0.151 e. The molecule has 1 saturated heterocycles. The van der Waals surface area contributed by atoms with E-state index in [2.05, 4.69) is 24.1 Å². The van der Waals surface area contributed by atoms with Crippen molar-refractivity contribution in [2.45, 2.75) is 52.1 Å². The molecule has 1 heterocycles. The van der Waals surface area contributed by atoms with E-state index < -0.39 is 9.84 Å². The molecule has 1 aliphatic rings. The molecule has 1 N–H and O–H groups in total. The Morgan fingerprint density at radius 3 is 2.61 bits per heavy atom. The predicted octanol–water partition coefficient (Wildman–Crippen LogP) is 1.27. The van der Waals surface area contributed by atoms with E-state index in [-0.39, 0.29) is 0 Å². The smallest absolute Gasteiger partial charge is 0.151 e. The predicted molar refractivity (Wildman–Crippen MR) is 76.7 cm³/mol. The van der Waals surface area contributed by atoms with E-state index in [0.29, 0.717) is 30.1 Å². The highest BCUT2D eigenvalue weighted by atomic mass is 32.2. The quantitative estimate of drug-likeness (QED) is 0.794. The second-order valence-corrected chi connectivity index (χ2v) is 7.65. The minimum atomic E-state index is -2.85. The van der Waals surface area contributed by atoms with Crippen LogP contribution in [0.15, 0.2) is 0 Å². The van der Waals surface area contributed by atoms with E-state index in [9.17, 15) is 8.42 Å². The van der Waals surface area contributed by atoms with Gasteiger partial charge in [0.2, 0.25) is 0 Å². The van der Waals surface area contributed by atoms with Crippen LogP contribution in [0.2, 0.25) is 0 Å². The number of nitrogens with zero attached hydrogens (tertiary/aromatic N) is 1. The molecule has 1 aliphatic heterocycles. The summed E-state index contributed by atoms with van der Waals surface area (Å²) in [6, 6.07) is 0.981. The Balaban J connectivity index is 2.52. The standard InChI is InChI=1S/C13H28N2O2S/c1-4-9-18(16,17)10-8-15-11-13(5-2)14-7-6-12(15)3/h12-14H,4-11H2,1-3H3. The van der Waals surface area contributed by atoms with Crippen molar-refractivity contribution in [2.24, 2.45) is 0 Å². The number of sulfone groups is 1. The lowest BCUT2D eigenvalue weighted by Crippen LogP contribution is -2.42. The summed E-state index contributed by atoms with van der Waals surface area (Å²) in [7, 11) is -2.85. The summed E-state index contributed by atoms with van der Waals surface area (Å²) in [5.74, 6) is 0.631. The number of hydrogen-bond donors (Lipinski definition) is 1. The third-order valence-corrected chi connectivity index (χ3v) is 5.61. The third-order valence-electron chi connectivity index (χ3n) is 3.77. The molecular formula is C13H28N2O2S.